The summed E-state index contributed by atoms with van der Waals surface area (Å²) in [4.78, 5) is 10.8. The number of hydrogen-bond donors (Lipinski definition) is 0. The van der Waals surface area contributed by atoms with Crippen molar-refractivity contribution in [2.75, 3.05) is 7.11 Å². The van der Waals surface area contributed by atoms with Crippen LogP contribution in [0.15, 0.2) is 0 Å². The molecular formula is C13H26O2. The van der Waals surface area contributed by atoms with Crippen LogP contribution in [0.3, 0.4) is 0 Å². The molecule has 0 aromatic rings. The number of hydrogen-bond acceptors (Lipinski definition) is 2. The SMILES string of the molecule is CC[C@H](C)CCCCCCCC(=O)OC. The summed E-state index contributed by atoms with van der Waals surface area (Å²) in [5.41, 5.74) is 0. The molecule has 0 heterocycles. The first kappa shape index (κ1) is 14.5. The van der Waals surface area contributed by atoms with Gasteiger partial charge in [0, 0.05) is 6.42 Å². The molecule has 1 atom stereocenters. The smallest absolute Gasteiger partial charge is 0.305 e. The molecule has 0 spiro atoms. The van der Waals surface area contributed by atoms with Crippen molar-refractivity contribution in [2.45, 2.75) is 65.2 Å². The van der Waals surface area contributed by atoms with E-state index in [4.69, 9.17) is 0 Å². The van der Waals surface area contributed by atoms with Crippen LogP contribution in [-0.4, -0.2) is 13.1 Å². The Kier molecular flexibility index (Phi) is 9.65. The van der Waals surface area contributed by atoms with E-state index >= 15 is 0 Å². The molecule has 15 heavy (non-hydrogen) atoms. The second-order valence-electron chi connectivity index (χ2n) is 4.40. The molecule has 0 amide bonds. The van der Waals surface area contributed by atoms with Crippen LogP contribution in [0, 0.1) is 5.92 Å². The third-order valence-corrected chi connectivity index (χ3v) is 3.00. The van der Waals surface area contributed by atoms with Crippen molar-refractivity contribution >= 4 is 5.97 Å². The summed E-state index contributed by atoms with van der Waals surface area (Å²) >= 11 is 0. The lowest BCUT2D eigenvalue weighted by atomic mass is 10.00. The molecule has 0 aliphatic carbocycles. The highest BCUT2D eigenvalue weighted by atomic mass is 16.5. The molecule has 0 bridgehead atoms. The lowest BCUT2D eigenvalue weighted by molar-refractivity contribution is -0.140. The standard InChI is InChI=1S/C13H26O2/c1-4-12(2)10-8-6-5-7-9-11-13(14)15-3/h12H,4-11H2,1-3H3/t12-/m0/s1. The van der Waals surface area contributed by atoms with Gasteiger partial charge in [-0.05, 0) is 12.3 Å². The van der Waals surface area contributed by atoms with Crippen LogP contribution >= 0.6 is 0 Å². The Balaban J connectivity index is 3.08. The van der Waals surface area contributed by atoms with Crippen molar-refractivity contribution in [1.29, 1.82) is 0 Å². The summed E-state index contributed by atoms with van der Waals surface area (Å²) in [5.74, 6) is 0.801. The highest BCUT2D eigenvalue weighted by Crippen LogP contribution is 2.14. The predicted octanol–water partition coefficient (Wildman–Crippen LogP) is 3.94. The van der Waals surface area contributed by atoms with Crippen LogP contribution in [-0.2, 0) is 9.53 Å². The molecule has 0 saturated heterocycles. The van der Waals surface area contributed by atoms with E-state index in [1.165, 1.54) is 39.2 Å². The van der Waals surface area contributed by atoms with Crippen LogP contribution in [0.1, 0.15) is 65.2 Å². The van der Waals surface area contributed by atoms with E-state index in [1.54, 1.807) is 0 Å². The molecule has 0 aromatic heterocycles. The molecule has 0 fully saturated rings. The number of ether oxygens (including phenoxy) is 1. The zero-order valence-electron chi connectivity index (χ0n) is 10.6. The largest absolute Gasteiger partial charge is 0.469 e. The van der Waals surface area contributed by atoms with Crippen LogP contribution < -0.4 is 0 Å². The minimum atomic E-state index is -0.0744. The summed E-state index contributed by atoms with van der Waals surface area (Å²) in [6.45, 7) is 4.57. The molecular weight excluding hydrogens is 188 g/mol. The van der Waals surface area contributed by atoms with Gasteiger partial charge in [-0.1, -0.05) is 52.4 Å². The average Bonchev–Trinajstić information content (AvgIpc) is 2.26. The highest BCUT2D eigenvalue weighted by Gasteiger charge is 2.00. The van der Waals surface area contributed by atoms with E-state index < -0.39 is 0 Å². The van der Waals surface area contributed by atoms with E-state index in [0.29, 0.717) is 6.42 Å². The van der Waals surface area contributed by atoms with Crippen LogP contribution in [0.4, 0.5) is 0 Å². The average molecular weight is 214 g/mol. The van der Waals surface area contributed by atoms with Crippen molar-refractivity contribution in [1.82, 2.24) is 0 Å². The van der Waals surface area contributed by atoms with Gasteiger partial charge in [0.1, 0.15) is 0 Å². The number of carbonyl (C=O) groups is 1. The van der Waals surface area contributed by atoms with Gasteiger partial charge in [-0.3, -0.25) is 4.79 Å². The van der Waals surface area contributed by atoms with Gasteiger partial charge < -0.3 is 4.74 Å². The fourth-order valence-corrected chi connectivity index (χ4v) is 1.60. The molecule has 0 unspecified atom stereocenters. The maximum absolute atomic E-state index is 10.8. The van der Waals surface area contributed by atoms with Crippen molar-refractivity contribution in [3.8, 4) is 0 Å². The number of rotatable bonds is 9. The Bertz CT molecular complexity index is 155. The fourth-order valence-electron chi connectivity index (χ4n) is 1.60. The topological polar surface area (TPSA) is 26.3 Å². The first-order valence-corrected chi connectivity index (χ1v) is 6.27. The van der Waals surface area contributed by atoms with Crippen LogP contribution in [0.5, 0.6) is 0 Å². The molecule has 0 rings (SSSR count). The molecule has 90 valence electrons. The lowest BCUT2D eigenvalue weighted by Gasteiger charge is -2.07. The number of methoxy groups -OCH3 is 1. The number of unbranched alkanes of at least 4 members (excludes halogenated alkanes) is 4. The molecule has 0 radical (unpaired) electrons. The predicted molar refractivity (Wildman–Crippen MR) is 63.8 cm³/mol. The first-order chi connectivity index (χ1) is 7.20. The van der Waals surface area contributed by atoms with Gasteiger partial charge >= 0.3 is 5.97 Å². The third kappa shape index (κ3) is 9.77. The zero-order chi connectivity index (χ0) is 11.5. The molecule has 2 heteroatoms. The zero-order valence-corrected chi connectivity index (χ0v) is 10.6. The molecule has 0 saturated carbocycles. The summed E-state index contributed by atoms with van der Waals surface area (Å²) in [6, 6.07) is 0. The maximum Gasteiger partial charge on any atom is 0.305 e. The summed E-state index contributed by atoms with van der Waals surface area (Å²) < 4.78 is 4.58. The Morgan fingerprint density at radius 2 is 1.73 bits per heavy atom. The van der Waals surface area contributed by atoms with Crippen LogP contribution in [0.25, 0.3) is 0 Å². The highest BCUT2D eigenvalue weighted by molar-refractivity contribution is 5.68. The van der Waals surface area contributed by atoms with E-state index in [-0.39, 0.29) is 5.97 Å². The fraction of sp³-hybridized carbons (Fsp3) is 0.923. The molecule has 0 aliphatic rings. The minimum absolute atomic E-state index is 0.0744. The first-order valence-electron chi connectivity index (χ1n) is 6.27. The van der Waals surface area contributed by atoms with Crippen molar-refractivity contribution in [3.63, 3.8) is 0 Å². The van der Waals surface area contributed by atoms with Crippen molar-refractivity contribution < 1.29 is 9.53 Å². The second kappa shape index (κ2) is 10.0. The monoisotopic (exact) mass is 214 g/mol. The third-order valence-electron chi connectivity index (χ3n) is 3.00. The Hall–Kier alpha value is -0.530. The van der Waals surface area contributed by atoms with Gasteiger partial charge in [0.05, 0.1) is 7.11 Å². The Labute approximate surface area is 94.4 Å². The molecule has 0 aliphatic heterocycles. The summed E-state index contributed by atoms with van der Waals surface area (Å²) in [6.07, 6.45) is 9.29. The summed E-state index contributed by atoms with van der Waals surface area (Å²) in [5, 5.41) is 0. The van der Waals surface area contributed by atoms with E-state index in [2.05, 4.69) is 18.6 Å². The lowest BCUT2D eigenvalue weighted by Crippen LogP contribution is -1.99. The minimum Gasteiger partial charge on any atom is -0.469 e. The molecule has 0 aromatic carbocycles. The van der Waals surface area contributed by atoms with Gasteiger partial charge in [0.15, 0.2) is 0 Å². The van der Waals surface area contributed by atoms with Gasteiger partial charge in [0.25, 0.3) is 0 Å². The Morgan fingerprint density at radius 3 is 2.33 bits per heavy atom. The number of carbonyl (C=O) groups excluding carboxylic acids is 1. The Morgan fingerprint density at radius 1 is 1.13 bits per heavy atom. The summed E-state index contributed by atoms with van der Waals surface area (Å²) in [7, 11) is 1.45. The van der Waals surface area contributed by atoms with E-state index in [0.717, 1.165) is 18.8 Å². The van der Waals surface area contributed by atoms with Gasteiger partial charge in [-0.25, -0.2) is 0 Å². The van der Waals surface area contributed by atoms with Gasteiger partial charge in [0.2, 0.25) is 0 Å². The molecule has 0 N–H and O–H groups in total. The van der Waals surface area contributed by atoms with E-state index in [1.807, 2.05) is 0 Å². The second-order valence-corrected chi connectivity index (χ2v) is 4.40. The quantitative estimate of drug-likeness (QED) is 0.429. The normalized spacial score (nSPS) is 12.5. The maximum atomic E-state index is 10.8. The van der Waals surface area contributed by atoms with Crippen LogP contribution in [0.2, 0.25) is 0 Å². The van der Waals surface area contributed by atoms with Crippen molar-refractivity contribution in [2.24, 2.45) is 5.92 Å². The van der Waals surface area contributed by atoms with Gasteiger partial charge in [-0.15, -0.1) is 0 Å². The van der Waals surface area contributed by atoms with Crippen molar-refractivity contribution in [3.05, 3.63) is 0 Å². The molecule has 2 nitrogen and oxygen atoms in total. The van der Waals surface area contributed by atoms with Gasteiger partial charge in [-0.2, -0.15) is 0 Å². The number of esters is 1. The van der Waals surface area contributed by atoms with E-state index in [9.17, 15) is 4.79 Å².